The molecule has 0 N–H and O–H groups in total. The second-order valence-corrected chi connectivity index (χ2v) is 7.22. The van der Waals surface area contributed by atoms with Crippen LogP contribution in [0, 0.1) is 11.8 Å². The zero-order chi connectivity index (χ0) is 16.0. The van der Waals surface area contributed by atoms with E-state index in [1.54, 1.807) is 0 Å². The molecule has 2 fully saturated rings. The van der Waals surface area contributed by atoms with Crippen LogP contribution in [0.4, 0.5) is 0 Å². The average Bonchev–Trinajstić information content (AvgIpc) is 3.20. The van der Waals surface area contributed by atoms with Crippen molar-refractivity contribution < 1.29 is 14.3 Å². The van der Waals surface area contributed by atoms with E-state index in [1.807, 2.05) is 29.2 Å². The summed E-state index contributed by atoms with van der Waals surface area (Å²) in [5, 5.41) is 0. The molecule has 0 unspecified atom stereocenters. The van der Waals surface area contributed by atoms with E-state index in [-0.39, 0.29) is 18.1 Å². The average molecular weight is 316 g/mol. The highest BCUT2D eigenvalue weighted by atomic mass is 16.5. The molecule has 3 aliphatic heterocycles. The van der Waals surface area contributed by atoms with E-state index < -0.39 is 0 Å². The first kappa shape index (κ1) is 15.0. The molecular weight excluding hydrogens is 292 g/mol. The van der Waals surface area contributed by atoms with Gasteiger partial charge in [-0.05, 0) is 25.7 Å². The highest BCUT2D eigenvalue weighted by molar-refractivity contribution is 5.83. The van der Waals surface area contributed by atoms with Gasteiger partial charge in [0.05, 0.1) is 12.7 Å². The molecule has 2 saturated heterocycles. The number of carbonyl (C=O) groups excluding carboxylic acids is 1. The van der Waals surface area contributed by atoms with Crippen LogP contribution < -0.4 is 4.74 Å². The van der Waals surface area contributed by atoms with Gasteiger partial charge in [-0.25, -0.2) is 0 Å². The molecule has 0 bridgehead atoms. The zero-order valence-electron chi connectivity index (χ0n) is 13.8. The predicted molar refractivity (Wildman–Crippen MR) is 86.4 cm³/mol. The maximum absolute atomic E-state index is 12.8. The van der Waals surface area contributed by atoms with Crippen molar-refractivity contribution in [2.45, 2.75) is 18.6 Å². The Hall–Kier alpha value is -1.59. The number of amides is 1. The van der Waals surface area contributed by atoms with Crippen molar-refractivity contribution in [3.8, 4) is 5.75 Å². The second kappa shape index (κ2) is 5.80. The van der Waals surface area contributed by atoms with E-state index in [2.05, 4.69) is 19.0 Å². The van der Waals surface area contributed by atoms with Crippen LogP contribution in [0.15, 0.2) is 24.3 Å². The van der Waals surface area contributed by atoms with Gasteiger partial charge in [-0.3, -0.25) is 4.79 Å². The molecular formula is C18H24N2O3. The Balaban J connectivity index is 1.40. The molecule has 5 heteroatoms. The van der Waals surface area contributed by atoms with Crippen molar-refractivity contribution in [3.63, 3.8) is 0 Å². The van der Waals surface area contributed by atoms with E-state index in [0.717, 1.165) is 31.0 Å². The third-order valence-corrected chi connectivity index (χ3v) is 5.27. The van der Waals surface area contributed by atoms with Crippen LogP contribution in [0.2, 0.25) is 0 Å². The van der Waals surface area contributed by atoms with Gasteiger partial charge in [0.15, 0.2) is 6.10 Å². The Morgan fingerprint density at radius 1 is 1.30 bits per heavy atom. The molecule has 1 amide bonds. The molecule has 0 spiro atoms. The fourth-order valence-corrected chi connectivity index (χ4v) is 4.16. The Morgan fingerprint density at radius 2 is 2.13 bits per heavy atom. The van der Waals surface area contributed by atoms with Crippen molar-refractivity contribution in [1.29, 1.82) is 0 Å². The van der Waals surface area contributed by atoms with Gasteiger partial charge >= 0.3 is 0 Å². The Bertz CT molecular complexity index is 579. The summed E-state index contributed by atoms with van der Waals surface area (Å²) >= 11 is 0. The number of carbonyl (C=O) groups is 1. The third-order valence-electron chi connectivity index (χ3n) is 5.27. The lowest BCUT2D eigenvalue weighted by atomic mass is 9.93. The number of benzene rings is 1. The van der Waals surface area contributed by atoms with Crippen LogP contribution in [-0.2, 0) is 16.0 Å². The Labute approximate surface area is 137 Å². The normalized spacial score (nSPS) is 32.0. The van der Waals surface area contributed by atoms with Crippen LogP contribution in [0.1, 0.15) is 5.56 Å². The largest absolute Gasteiger partial charge is 0.480 e. The summed E-state index contributed by atoms with van der Waals surface area (Å²) in [5.74, 6) is 1.95. The SMILES string of the molecule is CN(C)C[C@@H]1CO[C@@H]2CN(C(=O)[C@@H]3Cc4ccccc4O3)C[C@H]12. The monoisotopic (exact) mass is 316 g/mol. The molecule has 4 atom stereocenters. The van der Waals surface area contributed by atoms with Gasteiger partial charge in [0.1, 0.15) is 5.75 Å². The van der Waals surface area contributed by atoms with Gasteiger partial charge in [-0.1, -0.05) is 18.2 Å². The summed E-state index contributed by atoms with van der Waals surface area (Å²) in [6.45, 7) is 3.36. The maximum atomic E-state index is 12.8. The summed E-state index contributed by atoms with van der Waals surface area (Å²) in [6, 6.07) is 7.93. The molecule has 3 aliphatic rings. The predicted octanol–water partition coefficient (Wildman–Crippen LogP) is 1.03. The standard InChI is InChI=1S/C18H24N2O3/c1-19(2)8-13-11-22-17-10-20(9-14(13)17)18(21)16-7-12-5-3-4-6-15(12)23-16/h3-6,13-14,16-17H,7-11H2,1-2H3/t13-,14-,16+,17-/m1/s1. The molecule has 1 aromatic rings. The first-order chi connectivity index (χ1) is 11.1. The van der Waals surface area contributed by atoms with Gasteiger partial charge < -0.3 is 19.3 Å². The molecule has 4 rings (SSSR count). The van der Waals surface area contributed by atoms with Gasteiger partial charge in [0, 0.05) is 37.9 Å². The van der Waals surface area contributed by atoms with Crippen molar-refractivity contribution in [2.75, 3.05) is 40.3 Å². The van der Waals surface area contributed by atoms with Crippen molar-refractivity contribution in [2.24, 2.45) is 11.8 Å². The lowest BCUT2D eigenvalue weighted by Crippen LogP contribution is -2.41. The number of ether oxygens (including phenoxy) is 2. The van der Waals surface area contributed by atoms with Gasteiger partial charge in [-0.15, -0.1) is 0 Å². The van der Waals surface area contributed by atoms with Gasteiger partial charge in [-0.2, -0.15) is 0 Å². The van der Waals surface area contributed by atoms with E-state index in [1.165, 1.54) is 0 Å². The van der Waals surface area contributed by atoms with Crippen molar-refractivity contribution in [1.82, 2.24) is 9.80 Å². The van der Waals surface area contributed by atoms with E-state index >= 15 is 0 Å². The molecule has 1 aromatic carbocycles. The summed E-state index contributed by atoms with van der Waals surface area (Å²) in [5.41, 5.74) is 1.13. The summed E-state index contributed by atoms with van der Waals surface area (Å²) in [7, 11) is 4.18. The molecule has 3 heterocycles. The molecule has 0 saturated carbocycles. The van der Waals surface area contributed by atoms with Gasteiger partial charge in [0.25, 0.3) is 5.91 Å². The van der Waals surface area contributed by atoms with Crippen molar-refractivity contribution in [3.05, 3.63) is 29.8 Å². The Kier molecular flexibility index (Phi) is 3.77. The Morgan fingerprint density at radius 3 is 2.91 bits per heavy atom. The minimum Gasteiger partial charge on any atom is -0.480 e. The fraction of sp³-hybridized carbons (Fsp3) is 0.611. The lowest BCUT2D eigenvalue weighted by molar-refractivity contribution is -0.137. The smallest absolute Gasteiger partial charge is 0.264 e. The van der Waals surface area contributed by atoms with Crippen LogP contribution in [0.3, 0.4) is 0 Å². The molecule has 23 heavy (non-hydrogen) atoms. The number of rotatable bonds is 3. The summed E-state index contributed by atoms with van der Waals surface area (Å²) in [6.07, 6.45) is 0.522. The van der Waals surface area contributed by atoms with Crippen LogP contribution in [0.5, 0.6) is 5.75 Å². The number of hydrogen-bond acceptors (Lipinski definition) is 4. The first-order valence-electron chi connectivity index (χ1n) is 8.41. The summed E-state index contributed by atoms with van der Waals surface area (Å²) < 4.78 is 11.8. The molecule has 124 valence electrons. The molecule has 0 aliphatic carbocycles. The molecule has 0 aromatic heterocycles. The number of nitrogens with zero attached hydrogens (tertiary/aromatic N) is 2. The summed E-state index contributed by atoms with van der Waals surface area (Å²) in [4.78, 5) is 17.0. The minimum absolute atomic E-state index is 0.114. The third kappa shape index (κ3) is 2.72. The lowest BCUT2D eigenvalue weighted by Gasteiger charge is -2.23. The highest BCUT2D eigenvalue weighted by Gasteiger charge is 2.47. The molecule has 5 nitrogen and oxygen atoms in total. The topological polar surface area (TPSA) is 42.0 Å². The van der Waals surface area contributed by atoms with Crippen LogP contribution >= 0.6 is 0 Å². The van der Waals surface area contributed by atoms with Crippen LogP contribution in [0.25, 0.3) is 0 Å². The quantitative estimate of drug-likeness (QED) is 0.835. The number of para-hydroxylation sites is 1. The second-order valence-electron chi connectivity index (χ2n) is 7.22. The van der Waals surface area contributed by atoms with E-state index in [0.29, 0.717) is 24.8 Å². The van der Waals surface area contributed by atoms with Gasteiger partial charge in [0.2, 0.25) is 0 Å². The van der Waals surface area contributed by atoms with E-state index in [9.17, 15) is 4.79 Å². The highest BCUT2D eigenvalue weighted by Crippen LogP contribution is 2.35. The van der Waals surface area contributed by atoms with Crippen molar-refractivity contribution >= 4 is 5.91 Å². The number of fused-ring (bicyclic) bond motifs is 2. The fourth-order valence-electron chi connectivity index (χ4n) is 4.16. The molecule has 0 radical (unpaired) electrons. The zero-order valence-corrected chi connectivity index (χ0v) is 13.8. The van der Waals surface area contributed by atoms with Crippen LogP contribution in [-0.4, -0.2) is 68.3 Å². The number of likely N-dealkylation sites (tertiary alicyclic amines) is 1. The van der Waals surface area contributed by atoms with E-state index in [4.69, 9.17) is 9.47 Å². The number of hydrogen-bond donors (Lipinski definition) is 0. The minimum atomic E-state index is -0.362. The first-order valence-corrected chi connectivity index (χ1v) is 8.41. The maximum Gasteiger partial charge on any atom is 0.264 e.